The van der Waals surface area contributed by atoms with Crippen LogP contribution in [-0.4, -0.2) is 22.0 Å². The molecule has 3 heteroatoms. The fourth-order valence-electron chi connectivity index (χ4n) is 0.890. The molecular weight excluding hydrogens is 156 g/mol. The fourth-order valence-corrected chi connectivity index (χ4v) is 1.54. The summed E-state index contributed by atoms with van der Waals surface area (Å²) < 4.78 is 0. The van der Waals surface area contributed by atoms with Gasteiger partial charge in [-0.3, -0.25) is 0 Å². The van der Waals surface area contributed by atoms with Crippen LogP contribution in [0, 0.1) is 0 Å². The van der Waals surface area contributed by atoms with Crippen LogP contribution in [0.15, 0.2) is 18.5 Å². The molecule has 0 spiro atoms. The minimum atomic E-state index is 0.464. The average Bonchev–Trinajstić information content (AvgIpc) is 2.07. The van der Waals surface area contributed by atoms with Gasteiger partial charge in [-0.05, 0) is 12.3 Å². The summed E-state index contributed by atoms with van der Waals surface area (Å²) in [5.41, 5.74) is 0. The van der Waals surface area contributed by atoms with Crippen LogP contribution in [0.3, 0.4) is 0 Å². The molecule has 1 heterocycles. The van der Waals surface area contributed by atoms with E-state index in [4.69, 9.17) is 0 Å². The van der Waals surface area contributed by atoms with E-state index in [0.717, 1.165) is 11.6 Å². The van der Waals surface area contributed by atoms with Gasteiger partial charge < -0.3 is 0 Å². The predicted octanol–water partition coefficient (Wildman–Crippen LogP) is 1.94. The van der Waals surface area contributed by atoms with Crippen molar-refractivity contribution in [3.05, 3.63) is 24.3 Å². The maximum absolute atomic E-state index is 4.17. The molecule has 1 rings (SSSR count). The Bertz CT molecular complexity index is 201. The molecule has 0 aliphatic rings. The third-order valence-corrected chi connectivity index (χ3v) is 2.28. The lowest BCUT2D eigenvalue weighted by Gasteiger charge is -2.05. The van der Waals surface area contributed by atoms with E-state index in [-0.39, 0.29) is 0 Å². The molecule has 60 valence electrons. The first-order valence-electron chi connectivity index (χ1n) is 3.60. The van der Waals surface area contributed by atoms with Gasteiger partial charge in [-0.1, -0.05) is 6.92 Å². The topological polar surface area (TPSA) is 25.8 Å². The lowest BCUT2D eigenvalue weighted by atomic mass is 10.2. The summed E-state index contributed by atoms with van der Waals surface area (Å²) in [5, 5.41) is 0. The summed E-state index contributed by atoms with van der Waals surface area (Å²) in [6.45, 7) is 2.14. The van der Waals surface area contributed by atoms with Gasteiger partial charge in [0.2, 0.25) is 0 Å². The van der Waals surface area contributed by atoms with Crippen molar-refractivity contribution >= 4 is 11.8 Å². The molecule has 0 saturated carbocycles. The van der Waals surface area contributed by atoms with E-state index < -0.39 is 0 Å². The highest BCUT2D eigenvalue weighted by Gasteiger charge is 2.05. The molecule has 1 atom stereocenters. The van der Waals surface area contributed by atoms with Crippen LogP contribution < -0.4 is 0 Å². The van der Waals surface area contributed by atoms with E-state index in [1.165, 1.54) is 0 Å². The largest absolute Gasteiger partial charge is 0.241 e. The molecule has 0 aromatic carbocycles. The van der Waals surface area contributed by atoms with Gasteiger partial charge in [0.05, 0.1) is 0 Å². The Hall–Kier alpha value is -0.570. The average molecular weight is 168 g/mol. The second kappa shape index (κ2) is 4.34. The molecular formula is C8H12N2S. The van der Waals surface area contributed by atoms with E-state index in [1.807, 2.05) is 17.8 Å². The van der Waals surface area contributed by atoms with Gasteiger partial charge in [0.1, 0.15) is 5.82 Å². The minimum absolute atomic E-state index is 0.464. The summed E-state index contributed by atoms with van der Waals surface area (Å²) in [6.07, 6.45) is 5.68. The summed E-state index contributed by atoms with van der Waals surface area (Å²) in [7, 11) is 0. The first-order valence-corrected chi connectivity index (χ1v) is 5.00. The van der Waals surface area contributed by atoms with Crippen LogP contribution in [-0.2, 0) is 0 Å². The zero-order valence-corrected chi connectivity index (χ0v) is 7.64. The maximum Gasteiger partial charge on any atom is 0.131 e. The Balaban J connectivity index is 2.61. The molecule has 1 aromatic heterocycles. The zero-order valence-electron chi connectivity index (χ0n) is 6.82. The second-order valence-electron chi connectivity index (χ2n) is 2.46. The number of aromatic nitrogens is 2. The molecule has 2 nitrogen and oxygen atoms in total. The molecule has 0 amide bonds. The molecule has 1 aromatic rings. The Morgan fingerprint density at radius 3 is 2.64 bits per heavy atom. The van der Waals surface area contributed by atoms with Gasteiger partial charge in [-0.25, -0.2) is 9.97 Å². The van der Waals surface area contributed by atoms with Crippen molar-refractivity contribution < 1.29 is 0 Å². The van der Waals surface area contributed by atoms with Crippen LogP contribution in [0.2, 0.25) is 0 Å². The summed E-state index contributed by atoms with van der Waals surface area (Å²) >= 11 is 1.82. The highest BCUT2D eigenvalue weighted by Crippen LogP contribution is 2.13. The van der Waals surface area contributed by atoms with Crippen molar-refractivity contribution in [2.45, 2.75) is 12.8 Å². The Kier molecular flexibility index (Phi) is 3.36. The molecule has 11 heavy (non-hydrogen) atoms. The van der Waals surface area contributed by atoms with Crippen molar-refractivity contribution in [2.75, 3.05) is 12.0 Å². The van der Waals surface area contributed by atoms with Gasteiger partial charge >= 0.3 is 0 Å². The van der Waals surface area contributed by atoms with E-state index >= 15 is 0 Å². The number of thioether (sulfide) groups is 1. The minimum Gasteiger partial charge on any atom is -0.241 e. The van der Waals surface area contributed by atoms with Crippen LogP contribution in [0.4, 0.5) is 0 Å². The first kappa shape index (κ1) is 8.53. The fraction of sp³-hybridized carbons (Fsp3) is 0.500. The van der Waals surface area contributed by atoms with E-state index in [1.54, 1.807) is 12.4 Å². The SMILES string of the molecule is CSCC(C)c1ncccn1. The van der Waals surface area contributed by atoms with Gasteiger partial charge in [-0.15, -0.1) is 0 Å². The molecule has 0 aliphatic heterocycles. The summed E-state index contributed by atoms with van der Waals surface area (Å²) in [5.74, 6) is 2.50. The quantitative estimate of drug-likeness (QED) is 0.690. The molecule has 0 aliphatic carbocycles. The number of nitrogens with zero attached hydrogens (tertiary/aromatic N) is 2. The van der Waals surface area contributed by atoms with Gasteiger partial charge in [0.25, 0.3) is 0 Å². The van der Waals surface area contributed by atoms with Crippen molar-refractivity contribution in [3.8, 4) is 0 Å². The van der Waals surface area contributed by atoms with Gasteiger partial charge in [0, 0.05) is 24.1 Å². The lowest BCUT2D eigenvalue weighted by Crippen LogP contribution is -2.01. The predicted molar refractivity (Wildman–Crippen MR) is 48.8 cm³/mol. The third-order valence-electron chi connectivity index (χ3n) is 1.44. The normalized spacial score (nSPS) is 12.9. The van der Waals surface area contributed by atoms with Crippen molar-refractivity contribution in [3.63, 3.8) is 0 Å². The number of hydrogen-bond acceptors (Lipinski definition) is 3. The zero-order chi connectivity index (χ0) is 8.10. The summed E-state index contributed by atoms with van der Waals surface area (Å²) in [6, 6.07) is 1.84. The monoisotopic (exact) mass is 168 g/mol. The second-order valence-corrected chi connectivity index (χ2v) is 3.37. The van der Waals surface area contributed by atoms with Crippen molar-refractivity contribution in [2.24, 2.45) is 0 Å². The molecule has 1 unspecified atom stereocenters. The highest BCUT2D eigenvalue weighted by molar-refractivity contribution is 7.98. The molecule has 0 N–H and O–H groups in total. The van der Waals surface area contributed by atoms with Crippen LogP contribution >= 0.6 is 11.8 Å². The number of rotatable bonds is 3. The van der Waals surface area contributed by atoms with Crippen molar-refractivity contribution in [1.82, 2.24) is 9.97 Å². The molecule has 0 bridgehead atoms. The molecule has 0 radical (unpaired) electrons. The Morgan fingerprint density at radius 1 is 1.45 bits per heavy atom. The number of hydrogen-bond donors (Lipinski definition) is 0. The van der Waals surface area contributed by atoms with Crippen LogP contribution in [0.5, 0.6) is 0 Å². The van der Waals surface area contributed by atoms with E-state index in [9.17, 15) is 0 Å². The van der Waals surface area contributed by atoms with Crippen LogP contribution in [0.25, 0.3) is 0 Å². The van der Waals surface area contributed by atoms with Crippen molar-refractivity contribution in [1.29, 1.82) is 0 Å². The highest BCUT2D eigenvalue weighted by atomic mass is 32.2. The molecule has 0 fully saturated rings. The molecule has 0 saturated heterocycles. The summed E-state index contributed by atoms with van der Waals surface area (Å²) in [4.78, 5) is 8.35. The third kappa shape index (κ3) is 2.50. The lowest BCUT2D eigenvalue weighted by molar-refractivity contribution is 0.785. The Morgan fingerprint density at radius 2 is 2.09 bits per heavy atom. The standard InChI is InChI=1S/C8H12N2S/c1-7(6-11-2)8-9-4-3-5-10-8/h3-5,7H,6H2,1-2H3. The Labute approximate surface area is 71.5 Å². The van der Waals surface area contributed by atoms with E-state index in [0.29, 0.717) is 5.92 Å². The van der Waals surface area contributed by atoms with Gasteiger partial charge in [0.15, 0.2) is 0 Å². The van der Waals surface area contributed by atoms with Gasteiger partial charge in [-0.2, -0.15) is 11.8 Å². The smallest absolute Gasteiger partial charge is 0.131 e. The van der Waals surface area contributed by atoms with Crippen LogP contribution in [0.1, 0.15) is 18.7 Å². The maximum atomic E-state index is 4.17. The first-order chi connectivity index (χ1) is 5.34. The van der Waals surface area contributed by atoms with E-state index in [2.05, 4.69) is 23.1 Å².